The molecule has 0 amide bonds. The third-order valence-electron chi connectivity index (χ3n) is 4.77. The highest BCUT2D eigenvalue weighted by Gasteiger charge is 2.36. The van der Waals surface area contributed by atoms with Crippen molar-refractivity contribution in [3.05, 3.63) is 71.3 Å². The second-order valence-electron chi connectivity index (χ2n) is 6.81. The summed E-state index contributed by atoms with van der Waals surface area (Å²) in [6.07, 6.45) is 5.35. The normalized spacial score (nSPS) is 25.6. The van der Waals surface area contributed by atoms with Gasteiger partial charge in [-0.15, -0.1) is 0 Å². The standard InChI is InChI=1S/C21H22O5/c1-11(2)13-6-7-14-9-17(26-20(14)22)19(12(3)4)18-10-15(21(23)24-5)16(8-13)25-18/h6-7,9-10,13,17,19H,1,3,8H2,2,4-5H3/b7-6-/t13-,17-,19-/m1/s1. The summed E-state index contributed by atoms with van der Waals surface area (Å²) in [5, 5.41) is 0. The van der Waals surface area contributed by atoms with Gasteiger partial charge in [0.25, 0.3) is 0 Å². The van der Waals surface area contributed by atoms with Crippen molar-refractivity contribution >= 4 is 11.9 Å². The van der Waals surface area contributed by atoms with Crippen LogP contribution < -0.4 is 0 Å². The van der Waals surface area contributed by atoms with Crippen molar-refractivity contribution in [3.8, 4) is 0 Å². The van der Waals surface area contributed by atoms with Gasteiger partial charge in [0.1, 0.15) is 23.2 Å². The van der Waals surface area contributed by atoms with Crippen LogP contribution in [0, 0.1) is 5.92 Å². The number of hydrogen-bond acceptors (Lipinski definition) is 5. The zero-order valence-corrected chi connectivity index (χ0v) is 15.2. The Labute approximate surface area is 152 Å². The van der Waals surface area contributed by atoms with Crippen LogP contribution in [0.5, 0.6) is 0 Å². The van der Waals surface area contributed by atoms with E-state index in [1.54, 1.807) is 18.2 Å². The van der Waals surface area contributed by atoms with Crippen molar-refractivity contribution in [2.24, 2.45) is 5.92 Å². The molecule has 0 aromatic carbocycles. The fraction of sp³-hybridized carbons (Fsp3) is 0.333. The Balaban J connectivity index is 2.18. The smallest absolute Gasteiger partial charge is 0.341 e. The van der Waals surface area contributed by atoms with Gasteiger partial charge in [-0.25, -0.2) is 9.59 Å². The number of allylic oxidation sites excluding steroid dienone is 2. The molecule has 0 N–H and O–H groups in total. The van der Waals surface area contributed by atoms with Crippen molar-refractivity contribution < 1.29 is 23.5 Å². The number of fused-ring (bicyclic) bond motifs is 3. The van der Waals surface area contributed by atoms with E-state index < -0.39 is 12.1 Å². The Bertz CT molecular complexity index is 852. The van der Waals surface area contributed by atoms with Crippen LogP contribution >= 0.6 is 0 Å². The maximum absolute atomic E-state index is 12.2. The summed E-state index contributed by atoms with van der Waals surface area (Å²) in [7, 11) is 1.34. The van der Waals surface area contributed by atoms with Gasteiger partial charge in [-0.1, -0.05) is 36.5 Å². The number of hydrogen-bond donors (Lipinski definition) is 0. The molecule has 5 heteroatoms. The molecule has 0 aliphatic carbocycles. The minimum atomic E-state index is -0.523. The summed E-state index contributed by atoms with van der Waals surface area (Å²) in [5.41, 5.74) is 2.56. The first-order valence-electron chi connectivity index (χ1n) is 8.44. The first-order valence-corrected chi connectivity index (χ1v) is 8.44. The number of rotatable bonds is 3. The molecule has 2 aliphatic rings. The van der Waals surface area contributed by atoms with E-state index in [2.05, 4.69) is 13.2 Å². The zero-order chi connectivity index (χ0) is 19.0. The Kier molecular flexibility index (Phi) is 4.72. The van der Waals surface area contributed by atoms with Gasteiger partial charge in [0.05, 0.1) is 18.6 Å². The third kappa shape index (κ3) is 3.17. The van der Waals surface area contributed by atoms with E-state index in [9.17, 15) is 9.59 Å². The minimum absolute atomic E-state index is 0.0912. The third-order valence-corrected chi connectivity index (χ3v) is 4.77. The predicted octanol–water partition coefficient (Wildman–Crippen LogP) is 3.88. The number of carbonyl (C=O) groups excluding carboxylic acids is 2. The molecule has 3 heterocycles. The van der Waals surface area contributed by atoms with Crippen LogP contribution in [0.2, 0.25) is 0 Å². The van der Waals surface area contributed by atoms with E-state index >= 15 is 0 Å². The molecular formula is C21H22O5. The lowest BCUT2D eigenvalue weighted by molar-refractivity contribution is -0.139. The predicted molar refractivity (Wildman–Crippen MR) is 96.7 cm³/mol. The first-order chi connectivity index (χ1) is 12.3. The summed E-state index contributed by atoms with van der Waals surface area (Å²) in [4.78, 5) is 24.4. The van der Waals surface area contributed by atoms with Crippen molar-refractivity contribution in [1.82, 2.24) is 0 Å². The Hall–Kier alpha value is -2.82. The highest BCUT2D eigenvalue weighted by atomic mass is 16.5. The molecular weight excluding hydrogens is 332 g/mol. The van der Waals surface area contributed by atoms with Gasteiger partial charge in [0.2, 0.25) is 0 Å². The molecule has 3 atom stereocenters. The largest absolute Gasteiger partial charge is 0.465 e. The second-order valence-corrected chi connectivity index (χ2v) is 6.81. The Morgan fingerprint density at radius 1 is 1.27 bits per heavy atom. The van der Waals surface area contributed by atoms with Gasteiger partial charge < -0.3 is 13.9 Å². The lowest BCUT2D eigenvalue weighted by Gasteiger charge is -2.20. The topological polar surface area (TPSA) is 65.7 Å². The first kappa shape index (κ1) is 18.0. The minimum Gasteiger partial charge on any atom is -0.465 e. The number of furan rings is 1. The van der Waals surface area contributed by atoms with E-state index in [1.165, 1.54) is 7.11 Å². The number of carbonyl (C=O) groups is 2. The maximum atomic E-state index is 12.2. The average Bonchev–Trinajstić information content (AvgIpc) is 3.12. The van der Waals surface area contributed by atoms with Crippen molar-refractivity contribution in [3.63, 3.8) is 0 Å². The Morgan fingerprint density at radius 3 is 2.62 bits per heavy atom. The SMILES string of the molecule is C=C(C)[C@@H]1/C=C\C2=C[C@@H](OC2=O)[C@@H](C(=C)C)c2cc(C(=O)OC)c(o2)C1. The molecule has 0 unspecified atom stereocenters. The number of esters is 2. The summed E-state index contributed by atoms with van der Waals surface area (Å²) < 4.78 is 16.5. The maximum Gasteiger partial charge on any atom is 0.341 e. The fourth-order valence-electron chi connectivity index (χ4n) is 3.31. The summed E-state index contributed by atoms with van der Waals surface area (Å²) >= 11 is 0. The van der Waals surface area contributed by atoms with Gasteiger partial charge in [-0.3, -0.25) is 0 Å². The van der Waals surface area contributed by atoms with Crippen LogP contribution in [0.15, 0.2) is 58.6 Å². The van der Waals surface area contributed by atoms with E-state index in [0.717, 1.165) is 11.1 Å². The fourth-order valence-corrected chi connectivity index (χ4v) is 3.31. The summed E-state index contributed by atoms with van der Waals surface area (Å²) in [6.45, 7) is 11.8. The van der Waals surface area contributed by atoms with E-state index in [4.69, 9.17) is 13.9 Å². The zero-order valence-electron chi connectivity index (χ0n) is 15.2. The lowest BCUT2D eigenvalue weighted by atomic mass is 9.90. The van der Waals surface area contributed by atoms with Crippen LogP contribution in [0.1, 0.15) is 41.6 Å². The van der Waals surface area contributed by atoms with Crippen LogP contribution in [-0.4, -0.2) is 25.2 Å². The summed E-state index contributed by atoms with van der Waals surface area (Å²) in [5.74, 6) is -0.236. The van der Waals surface area contributed by atoms with Crippen molar-refractivity contribution in [2.45, 2.75) is 32.3 Å². The van der Waals surface area contributed by atoms with Crippen LogP contribution in [-0.2, 0) is 20.7 Å². The van der Waals surface area contributed by atoms with Crippen LogP contribution in [0.25, 0.3) is 0 Å². The number of ether oxygens (including phenoxy) is 2. The van der Waals surface area contributed by atoms with E-state index in [-0.39, 0.29) is 17.8 Å². The molecule has 0 fully saturated rings. The average molecular weight is 354 g/mol. The van der Waals surface area contributed by atoms with Crippen LogP contribution in [0.4, 0.5) is 0 Å². The van der Waals surface area contributed by atoms with Gasteiger partial charge in [0, 0.05) is 12.3 Å². The molecule has 1 aromatic heterocycles. The van der Waals surface area contributed by atoms with Gasteiger partial charge in [-0.2, -0.15) is 0 Å². The monoisotopic (exact) mass is 354 g/mol. The molecule has 26 heavy (non-hydrogen) atoms. The highest BCUT2D eigenvalue weighted by molar-refractivity contribution is 5.94. The quantitative estimate of drug-likeness (QED) is 0.609. The molecule has 136 valence electrons. The molecule has 1 aromatic rings. The molecule has 2 aliphatic heterocycles. The molecule has 0 saturated carbocycles. The molecule has 0 radical (unpaired) electrons. The molecule has 0 spiro atoms. The van der Waals surface area contributed by atoms with Gasteiger partial charge in [0.15, 0.2) is 0 Å². The van der Waals surface area contributed by atoms with Crippen molar-refractivity contribution in [1.29, 1.82) is 0 Å². The van der Waals surface area contributed by atoms with Crippen molar-refractivity contribution in [2.75, 3.05) is 7.11 Å². The van der Waals surface area contributed by atoms with Gasteiger partial charge in [-0.05, 0) is 26.0 Å². The Morgan fingerprint density at radius 2 is 2.00 bits per heavy atom. The van der Waals surface area contributed by atoms with Gasteiger partial charge >= 0.3 is 11.9 Å². The highest BCUT2D eigenvalue weighted by Crippen LogP contribution is 2.37. The molecule has 3 rings (SSSR count). The molecule has 5 nitrogen and oxygen atoms in total. The van der Waals surface area contributed by atoms with E-state index in [1.807, 2.05) is 19.9 Å². The summed E-state index contributed by atoms with van der Waals surface area (Å²) in [6, 6.07) is 1.67. The van der Waals surface area contributed by atoms with E-state index in [0.29, 0.717) is 29.1 Å². The lowest BCUT2D eigenvalue weighted by Crippen LogP contribution is -2.19. The molecule has 4 bridgehead atoms. The van der Waals surface area contributed by atoms with Crippen LogP contribution in [0.3, 0.4) is 0 Å². The molecule has 0 saturated heterocycles. The second kappa shape index (κ2) is 6.83. The number of methoxy groups -OCH3 is 1.